The van der Waals surface area contributed by atoms with Gasteiger partial charge in [-0.25, -0.2) is 0 Å². The number of halogens is 1. The molecular formula is C6H9ClN3O2S-. The van der Waals surface area contributed by atoms with Crippen LogP contribution in [0.3, 0.4) is 0 Å². The van der Waals surface area contributed by atoms with Crippen molar-refractivity contribution in [2.45, 2.75) is 0 Å². The quantitative estimate of drug-likeness (QED) is 0.507. The van der Waals surface area contributed by atoms with Crippen LogP contribution >= 0.6 is 12.4 Å². The van der Waals surface area contributed by atoms with Gasteiger partial charge in [0.1, 0.15) is 0 Å². The van der Waals surface area contributed by atoms with Crippen molar-refractivity contribution in [2.24, 2.45) is 0 Å². The van der Waals surface area contributed by atoms with E-state index in [0.717, 1.165) is 5.69 Å². The first-order valence-corrected chi connectivity index (χ1v) is 4.27. The van der Waals surface area contributed by atoms with Gasteiger partial charge in [-0.05, 0) is 12.1 Å². The molecule has 0 fully saturated rings. The minimum atomic E-state index is -2.31. The third-order valence-electron chi connectivity index (χ3n) is 1.11. The van der Waals surface area contributed by atoms with Gasteiger partial charge in [0.15, 0.2) is 0 Å². The summed E-state index contributed by atoms with van der Waals surface area (Å²) in [7, 11) is 0. The topological polar surface area (TPSA) is 76.2 Å². The third-order valence-corrected chi connectivity index (χ3v) is 1.38. The zero-order valence-corrected chi connectivity index (χ0v) is 8.15. The highest BCUT2D eigenvalue weighted by Crippen LogP contribution is 2.01. The molecule has 7 heteroatoms. The van der Waals surface area contributed by atoms with Gasteiger partial charge in [0, 0.05) is 11.3 Å². The minimum absolute atomic E-state index is 0. The van der Waals surface area contributed by atoms with Gasteiger partial charge in [0.2, 0.25) is 0 Å². The van der Waals surface area contributed by atoms with Crippen molar-refractivity contribution in [2.75, 3.05) is 5.43 Å². The molecule has 1 aromatic rings. The standard InChI is InChI=1S/C6H9N3O2S.ClH/c10-12(11)9-8-7-6-4-2-1-3-5-6;/h1-5,7-9H,(H,10,11);1H/p-1. The highest BCUT2D eigenvalue weighted by Gasteiger charge is 1.85. The van der Waals surface area contributed by atoms with Gasteiger partial charge >= 0.3 is 0 Å². The average Bonchev–Trinajstić information content (AvgIpc) is 2.05. The summed E-state index contributed by atoms with van der Waals surface area (Å²) < 4.78 is 20.0. The largest absolute Gasteiger partial charge is 0.759 e. The van der Waals surface area contributed by atoms with E-state index < -0.39 is 11.3 Å². The Balaban J connectivity index is 0.00000144. The smallest absolute Gasteiger partial charge is 0.0501 e. The Kier molecular flexibility index (Phi) is 6.47. The number of rotatable bonds is 4. The predicted octanol–water partition coefficient (Wildman–Crippen LogP) is 0.324. The summed E-state index contributed by atoms with van der Waals surface area (Å²) in [5, 5.41) is 0. The van der Waals surface area contributed by atoms with E-state index in [1.165, 1.54) is 0 Å². The van der Waals surface area contributed by atoms with Crippen LogP contribution in [-0.2, 0) is 11.3 Å². The molecule has 0 saturated carbocycles. The minimum Gasteiger partial charge on any atom is -0.759 e. The molecule has 0 heterocycles. The zero-order valence-electron chi connectivity index (χ0n) is 6.52. The summed E-state index contributed by atoms with van der Waals surface area (Å²) >= 11 is -2.31. The molecule has 0 amide bonds. The fraction of sp³-hybridized carbons (Fsp3) is 0. The van der Waals surface area contributed by atoms with Crippen molar-refractivity contribution in [1.82, 2.24) is 10.4 Å². The fourth-order valence-corrected chi connectivity index (χ4v) is 0.795. The van der Waals surface area contributed by atoms with Crippen molar-refractivity contribution < 1.29 is 8.76 Å². The van der Waals surface area contributed by atoms with Crippen LogP contribution in [0.2, 0.25) is 0 Å². The molecule has 1 aromatic carbocycles. The maximum absolute atomic E-state index is 9.98. The Morgan fingerprint density at radius 2 is 1.85 bits per heavy atom. The van der Waals surface area contributed by atoms with Gasteiger partial charge in [-0.3, -0.25) is 4.21 Å². The molecule has 1 atom stereocenters. The normalized spacial score (nSPS) is 11.5. The molecule has 5 nitrogen and oxygen atoms in total. The number of nitrogens with one attached hydrogen (secondary N) is 3. The van der Waals surface area contributed by atoms with Gasteiger partial charge in [-0.1, -0.05) is 18.2 Å². The monoisotopic (exact) mass is 222 g/mol. The SMILES string of the molecule is Cl.O=S([O-])NNNc1ccccc1. The average molecular weight is 223 g/mol. The van der Waals surface area contributed by atoms with Crippen LogP contribution in [0.25, 0.3) is 0 Å². The first-order chi connectivity index (χ1) is 5.79. The third kappa shape index (κ3) is 5.56. The number of hydrogen-bond acceptors (Lipinski definition) is 4. The second kappa shape index (κ2) is 6.81. The molecule has 0 radical (unpaired) electrons. The second-order valence-electron chi connectivity index (χ2n) is 1.95. The lowest BCUT2D eigenvalue weighted by molar-refractivity contribution is 0.513. The molecule has 3 N–H and O–H groups in total. The predicted molar refractivity (Wildman–Crippen MR) is 52.5 cm³/mol. The van der Waals surface area contributed by atoms with E-state index in [-0.39, 0.29) is 12.4 Å². The van der Waals surface area contributed by atoms with Crippen LogP contribution in [-0.4, -0.2) is 8.76 Å². The summed E-state index contributed by atoms with van der Waals surface area (Å²) in [6.07, 6.45) is 0. The van der Waals surface area contributed by atoms with Crippen molar-refractivity contribution in [3.05, 3.63) is 30.3 Å². The highest BCUT2D eigenvalue weighted by atomic mass is 35.5. The van der Waals surface area contributed by atoms with Crippen molar-refractivity contribution in [1.29, 1.82) is 0 Å². The Bertz CT molecular complexity index is 259. The van der Waals surface area contributed by atoms with Crippen LogP contribution in [0.15, 0.2) is 30.3 Å². The second-order valence-corrected chi connectivity index (χ2v) is 2.63. The van der Waals surface area contributed by atoms with E-state index in [4.69, 9.17) is 0 Å². The number of hydrogen-bond donors (Lipinski definition) is 3. The van der Waals surface area contributed by atoms with E-state index in [9.17, 15) is 8.76 Å². The van der Waals surface area contributed by atoms with E-state index >= 15 is 0 Å². The molecule has 0 bridgehead atoms. The van der Waals surface area contributed by atoms with E-state index in [1.54, 1.807) is 12.1 Å². The lowest BCUT2D eigenvalue weighted by Crippen LogP contribution is -2.37. The van der Waals surface area contributed by atoms with Crippen LogP contribution in [0, 0.1) is 0 Å². The van der Waals surface area contributed by atoms with Gasteiger partial charge in [0.25, 0.3) is 0 Å². The van der Waals surface area contributed by atoms with Crippen molar-refractivity contribution in [3.8, 4) is 0 Å². The summed E-state index contributed by atoms with van der Waals surface area (Å²) in [5.41, 5.74) is 5.68. The van der Waals surface area contributed by atoms with E-state index in [0.29, 0.717) is 0 Å². The molecule has 74 valence electrons. The Morgan fingerprint density at radius 3 is 2.38 bits per heavy atom. The Hall–Kier alpha value is -0.660. The number of para-hydroxylation sites is 1. The van der Waals surface area contributed by atoms with Crippen molar-refractivity contribution >= 4 is 29.4 Å². The van der Waals surface area contributed by atoms with E-state index in [1.807, 2.05) is 23.0 Å². The molecule has 1 unspecified atom stereocenters. The molecule has 0 aliphatic rings. The Morgan fingerprint density at radius 1 is 1.23 bits per heavy atom. The molecule has 0 saturated heterocycles. The fourth-order valence-electron chi connectivity index (χ4n) is 0.661. The first-order valence-electron chi connectivity index (χ1n) is 3.20. The summed E-state index contributed by atoms with van der Waals surface area (Å²) in [6, 6.07) is 9.12. The molecule has 0 spiro atoms. The maximum atomic E-state index is 9.98. The first kappa shape index (κ1) is 12.3. The number of hydrazine groups is 2. The van der Waals surface area contributed by atoms with Crippen LogP contribution in [0.4, 0.5) is 5.69 Å². The van der Waals surface area contributed by atoms with Gasteiger partial charge in [0.05, 0.1) is 5.69 Å². The maximum Gasteiger partial charge on any atom is 0.0501 e. The van der Waals surface area contributed by atoms with Crippen LogP contribution < -0.4 is 15.8 Å². The molecule has 0 aliphatic heterocycles. The lowest BCUT2D eigenvalue weighted by Gasteiger charge is -2.10. The van der Waals surface area contributed by atoms with Gasteiger partial charge < -0.3 is 9.98 Å². The lowest BCUT2D eigenvalue weighted by atomic mass is 10.3. The molecule has 1 rings (SSSR count). The molecule has 0 aliphatic carbocycles. The molecule has 0 aromatic heterocycles. The van der Waals surface area contributed by atoms with Crippen LogP contribution in [0.5, 0.6) is 0 Å². The van der Waals surface area contributed by atoms with E-state index in [2.05, 4.69) is 11.0 Å². The van der Waals surface area contributed by atoms with Crippen molar-refractivity contribution in [3.63, 3.8) is 0 Å². The summed E-state index contributed by atoms with van der Waals surface area (Å²) in [6.45, 7) is 0. The molecule has 13 heavy (non-hydrogen) atoms. The molecular weight excluding hydrogens is 214 g/mol. The van der Waals surface area contributed by atoms with Crippen LogP contribution in [0.1, 0.15) is 0 Å². The van der Waals surface area contributed by atoms with Gasteiger partial charge in [-0.15, -0.1) is 12.4 Å². The number of benzene rings is 1. The number of anilines is 1. The summed E-state index contributed by atoms with van der Waals surface area (Å²) in [4.78, 5) is 1.95. The highest BCUT2D eigenvalue weighted by molar-refractivity contribution is 7.76. The zero-order chi connectivity index (χ0) is 8.81. The Labute approximate surface area is 84.7 Å². The van der Waals surface area contributed by atoms with Gasteiger partial charge in [-0.2, -0.15) is 10.4 Å². The summed E-state index contributed by atoms with van der Waals surface area (Å²) in [5.74, 6) is 0.